The van der Waals surface area contributed by atoms with Crippen molar-refractivity contribution in [2.24, 2.45) is 0 Å². The van der Waals surface area contributed by atoms with Crippen molar-refractivity contribution >= 4 is 5.91 Å². The van der Waals surface area contributed by atoms with Gasteiger partial charge in [-0.3, -0.25) is 9.78 Å². The van der Waals surface area contributed by atoms with E-state index < -0.39 is 0 Å². The predicted octanol–water partition coefficient (Wildman–Crippen LogP) is 3.42. The molecule has 4 nitrogen and oxygen atoms in total. The van der Waals surface area contributed by atoms with Crippen LogP contribution in [0.4, 0.5) is 0 Å². The number of rotatable bonds is 2. The van der Waals surface area contributed by atoms with Gasteiger partial charge in [0.15, 0.2) is 0 Å². The highest BCUT2D eigenvalue weighted by molar-refractivity contribution is 5.94. The number of pyridine rings is 1. The molecule has 0 unspecified atom stereocenters. The summed E-state index contributed by atoms with van der Waals surface area (Å²) >= 11 is 0. The van der Waals surface area contributed by atoms with Crippen LogP contribution in [0.3, 0.4) is 0 Å². The van der Waals surface area contributed by atoms with Crippen LogP contribution in [-0.2, 0) is 0 Å². The molecule has 1 aliphatic rings. The molecule has 22 heavy (non-hydrogen) atoms. The van der Waals surface area contributed by atoms with Crippen LogP contribution in [-0.4, -0.2) is 16.5 Å². The lowest BCUT2D eigenvalue weighted by Crippen LogP contribution is -2.41. The smallest absolute Gasteiger partial charge is 0.253 e. The monoisotopic (exact) mass is 296 g/mol. The molecule has 4 heteroatoms. The summed E-state index contributed by atoms with van der Waals surface area (Å²) in [5.41, 5.74) is 2.45. The third-order valence-electron chi connectivity index (χ3n) is 3.85. The number of amides is 1. The van der Waals surface area contributed by atoms with Crippen molar-refractivity contribution in [1.82, 2.24) is 10.3 Å². The molecule has 0 saturated carbocycles. The van der Waals surface area contributed by atoms with Crippen molar-refractivity contribution in [1.29, 1.82) is 0 Å². The largest absolute Gasteiger partial charge is 0.487 e. The number of aryl methyl sites for hydroxylation is 1. The van der Waals surface area contributed by atoms with Crippen LogP contribution in [0.1, 0.15) is 47.8 Å². The van der Waals surface area contributed by atoms with Crippen LogP contribution < -0.4 is 10.1 Å². The third-order valence-corrected chi connectivity index (χ3v) is 3.85. The molecule has 0 spiro atoms. The first-order valence-electron chi connectivity index (χ1n) is 7.45. The Balaban J connectivity index is 1.90. The minimum Gasteiger partial charge on any atom is -0.487 e. The van der Waals surface area contributed by atoms with Crippen molar-refractivity contribution in [2.45, 2.75) is 38.8 Å². The van der Waals surface area contributed by atoms with Crippen LogP contribution >= 0.6 is 0 Å². The van der Waals surface area contributed by atoms with Gasteiger partial charge in [-0.1, -0.05) is 17.7 Å². The van der Waals surface area contributed by atoms with Gasteiger partial charge in [0.2, 0.25) is 0 Å². The van der Waals surface area contributed by atoms with Crippen LogP contribution in [0, 0.1) is 6.92 Å². The molecule has 1 aromatic carbocycles. The van der Waals surface area contributed by atoms with Gasteiger partial charge in [-0.05, 0) is 39.0 Å². The second-order valence-corrected chi connectivity index (χ2v) is 6.37. The number of aromatic nitrogens is 1. The highest BCUT2D eigenvalue weighted by atomic mass is 16.5. The van der Waals surface area contributed by atoms with Gasteiger partial charge in [0.25, 0.3) is 5.91 Å². The van der Waals surface area contributed by atoms with Crippen LogP contribution in [0.25, 0.3) is 0 Å². The number of nitrogens with zero attached hydrogens (tertiary/aromatic N) is 1. The maximum atomic E-state index is 12.4. The lowest BCUT2D eigenvalue weighted by molar-refractivity contribution is 0.0619. The Labute approximate surface area is 130 Å². The molecular weight excluding hydrogens is 276 g/mol. The SMILES string of the molecule is Cc1ccc2c(c1)[C@H](NC(=O)c1cccnc1)CC(C)(C)O2. The first kappa shape index (κ1) is 14.6. The Kier molecular flexibility index (Phi) is 3.61. The van der Waals surface area contributed by atoms with E-state index in [9.17, 15) is 4.79 Å². The van der Waals surface area contributed by atoms with E-state index in [0.29, 0.717) is 5.56 Å². The van der Waals surface area contributed by atoms with Gasteiger partial charge in [0, 0.05) is 24.4 Å². The number of hydrogen-bond acceptors (Lipinski definition) is 3. The molecule has 1 aliphatic heterocycles. The summed E-state index contributed by atoms with van der Waals surface area (Å²) in [4.78, 5) is 16.4. The van der Waals surface area contributed by atoms with Gasteiger partial charge in [0.05, 0.1) is 11.6 Å². The predicted molar refractivity (Wildman–Crippen MR) is 84.9 cm³/mol. The van der Waals surface area contributed by atoms with E-state index in [-0.39, 0.29) is 17.6 Å². The van der Waals surface area contributed by atoms with Gasteiger partial charge >= 0.3 is 0 Å². The third kappa shape index (κ3) is 2.96. The second-order valence-electron chi connectivity index (χ2n) is 6.37. The molecular formula is C18H20N2O2. The van der Waals surface area contributed by atoms with Crippen LogP contribution in [0.2, 0.25) is 0 Å². The van der Waals surface area contributed by atoms with E-state index in [1.165, 1.54) is 0 Å². The molecule has 0 saturated heterocycles. The zero-order valence-electron chi connectivity index (χ0n) is 13.1. The van der Waals surface area contributed by atoms with E-state index in [4.69, 9.17) is 4.74 Å². The molecule has 0 aliphatic carbocycles. The topological polar surface area (TPSA) is 51.2 Å². The average molecular weight is 296 g/mol. The first-order valence-corrected chi connectivity index (χ1v) is 7.45. The van der Waals surface area contributed by atoms with Gasteiger partial charge in [-0.15, -0.1) is 0 Å². The number of fused-ring (bicyclic) bond motifs is 1. The number of carbonyl (C=O) groups is 1. The van der Waals surface area contributed by atoms with Crippen molar-refractivity contribution in [3.05, 3.63) is 59.4 Å². The number of ether oxygens (including phenoxy) is 1. The summed E-state index contributed by atoms with van der Waals surface area (Å²) in [5, 5.41) is 3.12. The van der Waals surface area contributed by atoms with Crippen molar-refractivity contribution in [3.63, 3.8) is 0 Å². The lowest BCUT2D eigenvalue weighted by atomic mass is 9.89. The molecule has 0 radical (unpaired) electrons. The molecule has 0 bridgehead atoms. The molecule has 2 aromatic rings. The first-order chi connectivity index (χ1) is 10.4. The van der Waals surface area contributed by atoms with Crippen molar-refractivity contribution in [3.8, 4) is 5.75 Å². The fourth-order valence-corrected chi connectivity index (χ4v) is 2.84. The number of carbonyl (C=O) groups excluding carboxylic acids is 1. The summed E-state index contributed by atoms with van der Waals surface area (Å²) in [6.07, 6.45) is 3.97. The van der Waals surface area contributed by atoms with Gasteiger partial charge in [0.1, 0.15) is 11.4 Å². The van der Waals surface area contributed by atoms with E-state index in [2.05, 4.69) is 16.4 Å². The molecule has 1 amide bonds. The van der Waals surface area contributed by atoms with E-state index in [0.717, 1.165) is 23.3 Å². The molecule has 0 fully saturated rings. The Hall–Kier alpha value is -2.36. The fourth-order valence-electron chi connectivity index (χ4n) is 2.84. The van der Waals surface area contributed by atoms with E-state index >= 15 is 0 Å². The fraction of sp³-hybridized carbons (Fsp3) is 0.333. The summed E-state index contributed by atoms with van der Waals surface area (Å²) in [6.45, 7) is 6.12. The lowest BCUT2D eigenvalue weighted by Gasteiger charge is -2.38. The number of benzene rings is 1. The van der Waals surface area contributed by atoms with Gasteiger partial charge in [-0.2, -0.15) is 0 Å². The molecule has 2 heterocycles. The minimum atomic E-state index is -0.310. The Morgan fingerprint density at radius 2 is 2.18 bits per heavy atom. The van der Waals surface area contributed by atoms with Crippen LogP contribution in [0.15, 0.2) is 42.7 Å². The zero-order chi connectivity index (χ0) is 15.7. The zero-order valence-corrected chi connectivity index (χ0v) is 13.1. The summed E-state index contributed by atoms with van der Waals surface area (Å²) in [6, 6.07) is 9.56. The Morgan fingerprint density at radius 3 is 2.91 bits per heavy atom. The maximum Gasteiger partial charge on any atom is 0.253 e. The second kappa shape index (κ2) is 5.44. The minimum absolute atomic E-state index is 0.0636. The molecule has 1 N–H and O–H groups in total. The highest BCUT2D eigenvalue weighted by Gasteiger charge is 2.34. The van der Waals surface area contributed by atoms with Crippen molar-refractivity contribution in [2.75, 3.05) is 0 Å². The number of hydrogen-bond donors (Lipinski definition) is 1. The van der Waals surface area contributed by atoms with Gasteiger partial charge in [-0.25, -0.2) is 0 Å². The Morgan fingerprint density at radius 1 is 1.36 bits per heavy atom. The molecule has 1 aromatic heterocycles. The van der Waals surface area contributed by atoms with Crippen molar-refractivity contribution < 1.29 is 9.53 Å². The Bertz CT molecular complexity index is 695. The summed E-state index contributed by atoms with van der Waals surface area (Å²) in [5.74, 6) is 0.738. The molecule has 114 valence electrons. The quantitative estimate of drug-likeness (QED) is 0.923. The van der Waals surface area contributed by atoms with E-state index in [1.54, 1.807) is 24.5 Å². The highest BCUT2D eigenvalue weighted by Crippen LogP contribution is 2.39. The van der Waals surface area contributed by atoms with Gasteiger partial charge < -0.3 is 10.1 Å². The molecule has 3 rings (SSSR count). The normalized spacial score (nSPS) is 19.0. The molecule has 1 atom stereocenters. The van der Waals surface area contributed by atoms with E-state index in [1.807, 2.05) is 32.9 Å². The average Bonchev–Trinajstić information content (AvgIpc) is 2.48. The summed E-state index contributed by atoms with van der Waals surface area (Å²) in [7, 11) is 0. The number of nitrogens with one attached hydrogen (secondary N) is 1. The standard InChI is InChI=1S/C18H20N2O2/c1-12-6-7-16-14(9-12)15(10-18(2,3)22-16)20-17(21)13-5-4-8-19-11-13/h4-9,11,15H,10H2,1-3H3,(H,20,21)/t15-/m1/s1. The summed E-state index contributed by atoms with van der Waals surface area (Å²) < 4.78 is 6.03. The maximum absolute atomic E-state index is 12.4. The van der Waals surface area contributed by atoms with Crippen LogP contribution in [0.5, 0.6) is 5.75 Å².